The van der Waals surface area contributed by atoms with E-state index < -0.39 is 23.8 Å². The van der Waals surface area contributed by atoms with E-state index in [1.807, 2.05) is 0 Å². The van der Waals surface area contributed by atoms with Crippen LogP contribution in [0.1, 0.15) is 25.7 Å². The average Bonchev–Trinajstić information content (AvgIpc) is 2.79. The maximum Gasteiger partial charge on any atom is 0.320 e. The molecule has 1 aliphatic rings. The van der Waals surface area contributed by atoms with Gasteiger partial charge < -0.3 is 27.6 Å². The Hall–Kier alpha value is -1.67. The number of carboxylic acid groups (broad SMARTS) is 1. The molecule has 0 aromatic carbocycles. The van der Waals surface area contributed by atoms with Gasteiger partial charge in [-0.2, -0.15) is 0 Å². The van der Waals surface area contributed by atoms with Gasteiger partial charge in [-0.25, -0.2) is 0 Å². The van der Waals surface area contributed by atoms with E-state index in [4.69, 9.17) is 22.3 Å². The first-order valence-corrected chi connectivity index (χ1v) is 5.64. The molecule has 18 heavy (non-hydrogen) atoms. The summed E-state index contributed by atoms with van der Waals surface area (Å²) in [4.78, 5) is 30.5. The normalized spacial score (nSPS) is 19.5. The number of hydrogen-bond acceptors (Lipinski definition) is 5. The van der Waals surface area contributed by atoms with Crippen LogP contribution in [0.4, 0.5) is 0 Å². The van der Waals surface area contributed by atoms with E-state index >= 15 is 0 Å². The fraction of sp³-hybridized carbons (Fsp3) is 0.700. The van der Waals surface area contributed by atoms with E-state index in [0.717, 1.165) is 19.4 Å². The van der Waals surface area contributed by atoms with Crippen LogP contribution in [-0.2, 0) is 14.4 Å². The molecule has 1 heterocycles. The second-order valence-corrected chi connectivity index (χ2v) is 4.00. The average molecular weight is 260 g/mol. The molecule has 1 fully saturated rings. The minimum Gasteiger partial charge on any atom is -0.480 e. The monoisotopic (exact) mass is 260 g/mol. The lowest BCUT2D eigenvalue weighted by molar-refractivity contribution is -0.139. The first-order chi connectivity index (χ1) is 8.34. The van der Waals surface area contributed by atoms with Crippen molar-refractivity contribution in [3.8, 4) is 0 Å². The highest BCUT2D eigenvalue weighted by molar-refractivity contribution is 5.81. The molecule has 8 N–H and O–H groups in total. The largest absolute Gasteiger partial charge is 0.480 e. The number of rotatable bonds is 5. The van der Waals surface area contributed by atoms with Gasteiger partial charge in [-0.3, -0.25) is 14.4 Å². The minimum absolute atomic E-state index is 0.101. The zero-order valence-electron chi connectivity index (χ0n) is 10.1. The van der Waals surface area contributed by atoms with Crippen molar-refractivity contribution in [2.24, 2.45) is 17.2 Å². The highest BCUT2D eigenvalue weighted by atomic mass is 16.4. The molecule has 1 saturated heterocycles. The summed E-state index contributed by atoms with van der Waals surface area (Å²) in [7, 11) is 0. The molecule has 0 aliphatic carbocycles. The molecule has 2 amide bonds. The SMILES string of the molecule is NC(=O)CC[C@H](N)C(N)=O.O=C(O)[C@@H]1CCCN1. The molecule has 0 radical (unpaired) electrons. The molecule has 104 valence electrons. The van der Waals surface area contributed by atoms with Gasteiger partial charge in [0.15, 0.2) is 0 Å². The van der Waals surface area contributed by atoms with E-state index in [0.29, 0.717) is 0 Å². The summed E-state index contributed by atoms with van der Waals surface area (Å²) in [6, 6.07) is -1.03. The van der Waals surface area contributed by atoms with Crippen LogP contribution in [0.25, 0.3) is 0 Å². The fourth-order valence-corrected chi connectivity index (χ4v) is 1.34. The Kier molecular flexibility index (Phi) is 7.64. The van der Waals surface area contributed by atoms with E-state index in [2.05, 4.69) is 5.32 Å². The molecule has 8 heteroatoms. The summed E-state index contributed by atoms with van der Waals surface area (Å²) >= 11 is 0. The Morgan fingerprint density at radius 2 is 1.94 bits per heavy atom. The van der Waals surface area contributed by atoms with Gasteiger partial charge >= 0.3 is 5.97 Å². The van der Waals surface area contributed by atoms with Crippen molar-refractivity contribution in [1.82, 2.24) is 5.32 Å². The highest BCUT2D eigenvalue weighted by Crippen LogP contribution is 2.03. The third kappa shape index (κ3) is 7.58. The van der Waals surface area contributed by atoms with Crippen molar-refractivity contribution in [3.05, 3.63) is 0 Å². The van der Waals surface area contributed by atoms with Gasteiger partial charge in [-0.15, -0.1) is 0 Å². The van der Waals surface area contributed by atoms with Crippen LogP contribution in [-0.4, -0.2) is 41.5 Å². The topological polar surface area (TPSA) is 162 Å². The lowest BCUT2D eigenvalue weighted by Crippen LogP contribution is -2.37. The van der Waals surface area contributed by atoms with Crippen LogP contribution < -0.4 is 22.5 Å². The quantitative estimate of drug-likeness (QED) is 0.380. The fourth-order valence-electron chi connectivity index (χ4n) is 1.34. The number of carboxylic acids is 1. The number of nitrogens with one attached hydrogen (secondary N) is 1. The number of primary amides is 2. The second-order valence-electron chi connectivity index (χ2n) is 4.00. The lowest BCUT2D eigenvalue weighted by atomic mass is 10.1. The molecule has 0 aromatic rings. The van der Waals surface area contributed by atoms with E-state index in [-0.39, 0.29) is 18.9 Å². The molecule has 0 saturated carbocycles. The standard InChI is InChI=1S/C5H11N3O2.C5H9NO2/c6-3(5(8)10)1-2-4(7)9;7-5(8)4-2-1-3-6-4/h3H,1-2,6H2,(H2,7,9)(H2,8,10);4,6H,1-3H2,(H,7,8)/t3-;4-/m00/s1. The number of amides is 2. The van der Waals surface area contributed by atoms with Crippen molar-refractivity contribution in [3.63, 3.8) is 0 Å². The Labute approximate surface area is 105 Å². The number of carbonyl (C=O) groups excluding carboxylic acids is 2. The van der Waals surface area contributed by atoms with E-state index in [9.17, 15) is 14.4 Å². The van der Waals surface area contributed by atoms with Crippen molar-refractivity contribution in [1.29, 1.82) is 0 Å². The van der Waals surface area contributed by atoms with Crippen LogP contribution >= 0.6 is 0 Å². The maximum absolute atomic E-state index is 10.3. The molecular formula is C10H20N4O4. The maximum atomic E-state index is 10.3. The highest BCUT2D eigenvalue weighted by Gasteiger charge is 2.20. The number of carbonyl (C=O) groups is 3. The molecule has 0 spiro atoms. The summed E-state index contributed by atoms with van der Waals surface area (Å²) in [6.45, 7) is 0.858. The van der Waals surface area contributed by atoms with Gasteiger partial charge in [0.2, 0.25) is 11.8 Å². The molecule has 0 bridgehead atoms. The van der Waals surface area contributed by atoms with E-state index in [1.54, 1.807) is 0 Å². The lowest BCUT2D eigenvalue weighted by Gasteiger charge is -2.03. The molecule has 2 atom stereocenters. The van der Waals surface area contributed by atoms with Crippen molar-refractivity contribution >= 4 is 17.8 Å². The third-order valence-corrected chi connectivity index (χ3v) is 2.43. The van der Waals surface area contributed by atoms with Gasteiger partial charge in [0, 0.05) is 6.42 Å². The van der Waals surface area contributed by atoms with Crippen LogP contribution in [0.2, 0.25) is 0 Å². The Morgan fingerprint density at radius 3 is 2.22 bits per heavy atom. The van der Waals surface area contributed by atoms with Crippen molar-refractivity contribution < 1.29 is 19.5 Å². The van der Waals surface area contributed by atoms with Crippen molar-refractivity contribution in [2.75, 3.05) is 6.54 Å². The van der Waals surface area contributed by atoms with Crippen LogP contribution in [0, 0.1) is 0 Å². The zero-order valence-corrected chi connectivity index (χ0v) is 10.1. The minimum atomic E-state index is -0.757. The smallest absolute Gasteiger partial charge is 0.320 e. The van der Waals surface area contributed by atoms with Gasteiger partial charge in [0.05, 0.1) is 6.04 Å². The molecule has 8 nitrogen and oxygen atoms in total. The third-order valence-electron chi connectivity index (χ3n) is 2.43. The number of nitrogens with two attached hydrogens (primary N) is 3. The molecule has 0 aromatic heterocycles. The first-order valence-electron chi connectivity index (χ1n) is 5.64. The number of aliphatic carboxylic acids is 1. The molecule has 1 aliphatic heterocycles. The summed E-state index contributed by atoms with van der Waals surface area (Å²) in [5.41, 5.74) is 14.8. The second kappa shape index (κ2) is 8.43. The summed E-state index contributed by atoms with van der Waals surface area (Å²) in [5, 5.41) is 11.2. The molecular weight excluding hydrogens is 240 g/mol. The summed E-state index contributed by atoms with van der Waals surface area (Å²) < 4.78 is 0. The summed E-state index contributed by atoms with van der Waals surface area (Å²) in [5.74, 6) is -1.81. The van der Waals surface area contributed by atoms with Gasteiger partial charge in [-0.05, 0) is 25.8 Å². The van der Waals surface area contributed by atoms with Crippen LogP contribution in [0.15, 0.2) is 0 Å². The number of hydrogen-bond donors (Lipinski definition) is 5. The zero-order chi connectivity index (χ0) is 14.1. The predicted molar refractivity (Wildman–Crippen MR) is 64.3 cm³/mol. The predicted octanol–water partition coefficient (Wildman–Crippen LogP) is -2.11. The molecule has 0 unspecified atom stereocenters. The first kappa shape index (κ1) is 16.3. The van der Waals surface area contributed by atoms with Crippen molar-refractivity contribution in [2.45, 2.75) is 37.8 Å². The van der Waals surface area contributed by atoms with Crippen LogP contribution in [0.3, 0.4) is 0 Å². The molecule has 1 rings (SSSR count). The Morgan fingerprint density at radius 1 is 1.33 bits per heavy atom. The Balaban J connectivity index is 0.000000327. The van der Waals surface area contributed by atoms with Crippen LogP contribution in [0.5, 0.6) is 0 Å². The van der Waals surface area contributed by atoms with Gasteiger partial charge in [0.25, 0.3) is 0 Å². The van der Waals surface area contributed by atoms with Gasteiger partial charge in [-0.1, -0.05) is 0 Å². The summed E-state index contributed by atoms with van der Waals surface area (Å²) in [6.07, 6.45) is 2.11. The van der Waals surface area contributed by atoms with E-state index in [1.165, 1.54) is 0 Å². The Bertz CT molecular complexity index is 302. The van der Waals surface area contributed by atoms with Gasteiger partial charge in [0.1, 0.15) is 6.04 Å².